The summed E-state index contributed by atoms with van der Waals surface area (Å²) in [6.45, 7) is 0.415. The second-order valence-electron chi connectivity index (χ2n) is 8.80. The Morgan fingerprint density at radius 3 is 2.46 bits per heavy atom. The molecule has 0 bridgehead atoms. The molecule has 39 heavy (non-hydrogen) atoms. The average molecular weight is 540 g/mol. The fraction of sp³-hybridized carbons (Fsp3) is 0.321. The predicted molar refractivity (Wildman–Crippen MR) is 139 cm³/mol. The van der Waals surface area contributed by atoms with Gasteiger partial charge in [-0.3, -0.25) is 19.3 Å². The molecule has 206 valence electrons. The fourth-order valence-corrected chi connectivity index (χ4v) is 4.33. The van der Waals surface area contributed by atoms with E-state index in [1.165, 1.54) is 55.7 Å². The predicted octanol–water partition coefficient (Wildman–Crippen LogP) is 3.24. The highest BCUT2D eigenvalue weighted by molar-refractivity contribution is 6.04. The summed E-state index contributed by atoms with van der Waals surface area (Å²) in [5, 5.41) is 5.40. The van der Waals surface area contributed by atoms with Crippen LogP contribution in [-0.4, -0.2) is 57.7 Å². The molecule has 2 atom stereocenters. The van der Waals surface area contributed by atoms with Gasteiger partial charge in [0.05, 0.1) is 33.1 Å². The number of carbonyl (C=O) groups is 3. The average Bonchev–Trinajstić information content (AvgIpc) is 3.68. The van der Waals surface area contributed by atoms with E-state index >= 15 is 0 Å². The third-order valence-corrected chi connectivity index (χ3v) is 6.28. The SMILES string of the molecule is COc1ccc([C@H](C(=O)NC[C@H]2CCCO2)N(C(=O)CNC(=O)c2ccco2)c2ccc(F)cc2)cc1OC. The number of furan rings is 1. The van der Waals surface area contributed by atoms with Gasteiger partial charge in [-0.05, 0) is 66.9 Å². The second-order valence-corrected chi connectivity index (χ2v) is 8.80. The summed E-state index contributed by atoms with van der Waals surface area (Å²) in [7, 11) is 2.95. The Hall–Kier alpha value is -4.38. The third-order valence-electron chi connectivity index (χ3n) is 6.28. The van der Waals surface area contributed by atoms with Crippen molar-refractivity contribution in [2.45, 2.75) is 25.0 Å². The highest BCUT2D eigenvalue weighted by Crippen LogP contribution is 2.34. The van der Waals surface area contributed by atoms with Gasteiger partial charge in [0.2, 0.25) is 11.8 Å². The molecule has 11 heteroatoms. The van der Waals surface area contributed by atoms with Gasteiger partial charge in [0, 0.05) is 18.8 Å². The van der Waals surface area contributed by atoms with Gasteiger partial charge in [-0.15, -0.1) is 0 Å². The molecule has 2 heterocycles. The van der Waals surface area contributed by atoms with Crippen LogP contribution in [-0.2, 0) is 14.3 Å². The van der Waals surface area contributed by atoms with E-state index in [1.807, 2.05) is 0 Å². The van der Waals surface area contributed by atoms with Crippen molar-refractivity contribution in [3.8, 4) is 11.5 Å². The number of amides is 3. The Labute approximate surface area is 225 Å². The first-order chi connectivity index (χ1) is 18.9. The van der Waals surface area contributed by atoms with Gasteiger partial charge in [-0.25, -0.2) is 4.39 Å². The number of halogens is 1. The van der Waals surface area contributed by atoms with Gasteiger partial charge < -0.3 is 29.3 Å². The maximum atomic E-state index is 13.8. The Morgan fingerprint density at radius 2 is 1.82 bits per heavy atom. The van der Waals surface area contributed by atoms with Gasteiger partial charge in [-0.1, -0.05) is 6.07 Å². The lowest BCUT2D eigenvalue weighted by Crippen LogP contribution is -2.48. The molecule has 2 aromatic carbocycles. The van der Waals surface area contributed by atoms with E-state index in [0.29, 0.717) is 23.7 Å². The van der Waals surface area contributed by atoms with Gasteiger partial charge >= 0.3 is 0 Å². The first-order valence-electron chi connectivity index (χ1n) is 12.4. The highest BCUT2D eigenvalue weighted by Gasteiger charge is 2.34. The molecule has 1 aliphatic rings. The molecular formula is C28H30FN3O7. The van der Waals surface area contributed by atoms with Crippen molar-refractivity contribution in [1.29, 1.82) is 0 Å². The largest absolute Gasteiger partial charge is 0.493 e. The van der Waals surface area contributed by atoms with Crippen molar-refractivity contribution >= 4 is 23.4 Å². The summed E-state index contributed by atoms with van der Waals surface area (Å²) in [6.07, 6.45) is 2.91. The lowest BCUT2D eigenvalue weighted by Gasteiger charge is -2.32. The minimum atomic E-state index is -1.20. The van der Waals surface area contributed by atoms with Crippen LogP contribution in [0.3, 0.4) is 0 Å². The number of benzene rings is 2. The van der Waals surface area contributed by atoms with Crippen LogP contribution in [0.25, 0.3) is 0 Å². The molecule has 1 aliphatic heterocycles. The van der Waals surface area contributed by atoms with Crippen molar-refractivity contribution in [3.63, 3.8) is 0 Å². The Balaban J connectivity index is 1.70. The standard InChI is InChI=1S/C28H30FN3O7/c1-36-22-12-7-18(15-24(22)37-2)26(28(35)30-16-21-5-3-13-38-21)32(20-10-8-19(29)9-11-20)25(33)17-31-27(34)23-6-4-14-39-23/h4,6-12,14-15,21,26H,3,5,13,16-17H2,1-2H3,(H,30,35)(H,31,34)/t21-,26-/m1/s1. The highest BCUT2D eigenvalue weighted by atomic mass is 19.1. The number of ether oxygens (including phenoxy) is 3. The van der Waals surface area contributed by atoms with Crippen molar-refractivity contribution in [2.75, 3.05) is 38.8 Å². The van der Waals surface area contributed by atoms with Crippen LogP contribution in [0.1, 0.15) is 35.0 Å². The lowest BCUT2D eigenvalue weighted by molar-refractivity contribution is -0.126. The Kier molecular flexibility index (Phi) is 9.16. The van der Waals surface area contributed by atoms with Crippen LogP contribution in [0.5, 0.6) is 11.5 Å². The number of hydrogen-bond donors (Lipinski definition) is 2. The number of carbonyl (C=O) groups excluding carboxylic acids is 3. The zero-order valence-corrected chi connectivity index (χ0v) is 21.6. The molecule has 1 fully saturated rings. The molecule has 0 unspecified atom stereocenters. The number of methoxy groups -OCH3 is 2. The lowest BCUT2D eigenvalue weighted by atomic mass is 10.0. The molecule has 3 aromatic rings. The maximum Gasteiger partial charge on any atom is 0.287 e. The monoisotopic (exact) mass is 539 g/mol. The minimum absolute atomic E-state index is 0.0295. The number of rotatable bonds is 11. The smallest absolute Gasteiger partial charge is 0.287 e. The maximum absolute atomic E-state index is 13.8. The van der Waals surface area contributed by atoms with E-state index in [0.717, 1.165) is 12.8 Å². The molecule has 10 nitrogen and oxygen atoms in total. The van der Waals surface area contributed by atoms with Crippen LogP contribution in [0, 0.1) is 5.82 Å². The Morgan fingerprint density at radius 1 is 1.05 bits per heavy atom. The molecule has 0 saturated carbocycles. The minimum Gasteiger partial charge on any atom is -0.493 e. The van der Waals surface area contributed by atoms with Crippen molar-refractivity contribution < 1.29 is 37.4 Å². The van der Waals surface area contributed by atoms with Crippen LogP contribution >= 0.6 is 0 Å². The van der Waals surface area contributed by atoms with Crippen molar-refractivity contribution in [1.82, 2.24) is 10.6 Å². The van der Waals surface area contributed by atoms with E-state index in [9.17, 15) is 18.8 Å². The first kappa shape index (κ1) is 27.6. The second kappa shape index (κ2) is 12.9. The quantitative estimate of drug-likeness (QED) is 0.384. The van der Waals surface area contributed by atoms with Crippen LogP contribution in [0.15, 0.2) is 65.3 Å². The van der Waals surface area contributed by atoms with E-state index in [1.54, 1.807) is 24.3 Å². The van der Waals surface area contributed by atoms with Crippen LogP contribution in [0.4, 0.5) is 10.1 Å². The summed E-state index contributed by atoms with van der Waals surface area (Å²) in [6, 6.07) is 11.8. The number of nitrogens with zero attached hydrogens (tertiary/aromatic N) is 1. The molecule has 3 amide bonds. The van der Waals surface area contributed by atoms with Crippen LogP contribution in [0.2, 0.25) is 0 Å². The van der Waals surface area contributed by atoms with Crippen molar-refractivity contribution in [3.05, 3.63) is 78.0 Å². The number of hydrogen-bond acceptors (Lipinski definition) is 7. The molecular weight excluding hydrogens is 509 g/mol. The van der Waals surface area contributed by atoms with Crippen molar-refractivity contribution in [2.24, 2.45) is 0 Å². The molecule has 0 radical (unpaired) electrons. The molecule has 4 rings (SSSR count). The normalized spacial score (nSPS) is 15.3. The summed E-state index contributed by atoms with van der Waals surface area (Å²) < 4.78 is 35.3. The van der Waals surface area contributed by atoms with E-state index < -0.39 is 36.1 Å². The molecule has 1 aromatic heterocycles. The number of nitrogens with one attached hydrogen (secondary N) is 2. The zero-order valence-electron chi connectivity index (χ0n) is 21.6. The van der Waals surface area contributed by atoms with E-state index in [4.69, 9.17) is 18.6 Å². The molecule has 2 N–H and O–H groups in total. The zero-order chi connectivity index (χ0) is 27.8. The third kappa shape index (κ3) is 6.74. The summed E-state index contributed by atoms with van der Waals surface area (Å²) in [5.74, 6) is -1.40. The van der Waals surface area contributed by atoms with E-state index in [-0.39, 0.29) is 24.1 Å². The van der Waals surface area contributed by atoms with Gasteiger partial charge in [-0.2, -0.15) is 0 Å². The molecule has 0 spiro atoms. The summed E-state index contributed by atoms with van der Waals surface area (Å²) in [5.41, 5.74) is 0.660. The number of anilines is 1. The van der Waals surface area contributed by atoms with Gasteiger partial charge in [0.1, 0.15) is 11.9 Å². The van der Waals surface area contributed by atoms with Gasteiger partial charge in [0.15, 0.2) is 17.3 Å². The summed E-state index contributed by atoms with van der Waals surface area (Å²) in [4.78, 5) is 41.1. The van der Waals surface area contributed by atoms with E-state index in [2.05, 4.69) is 10.6 Å². The summed E-state index contributed by atoms with van der Waals surface area (Å²) >= 11 is 0. The Bertz CT molecular complexity index is 1270. The van der Waals surface area contributed by atoms with Crippen LogP contribution < -0.4 is 25.0 Å². The van der Waals surface area contributed by atoms with Gasteiger partial charge in [0.25, 0.3) is 5.91 Å². The first-order valence-corrected chi connectivity index (χ1v) is 12.4. The topological polar surface area (TPSA) is 119 Å². The molecule has 0 aliphatic carbocycles. The molecule has 1 saturated heterocycles. The fourth-order valence-electron chi connectivity index (χ4n) is 4.33.